The van der Waals surface area contributed by atoms with Gasteiger partial charge in [0.25, 0.3) is 7.82 Å². The number of nitrogens with zero attached hydrogens (tertiary/aromatic N) is 1. The molecule has 3 atom stereocenters. The first kappa shape index (κ1) is 70.2. The van der Waals surface area contributed by atoms with Crippen LogP contribution in [0.4, 0.5) is 0 Å². The van der Waals surface area contributed by atoms with Gasteiger partial charge in [-0.3, -0.25) is 14.2 Å². The Kier molecular flexibility index (Phi) is 50.6. The molecule has 0 fully saturated rings. The minimum Gasteiger partial charge on any atom is -0.756 e. The fourth-order valence-corrected chi connectivity index (χ4v) is 8.96. The maximum absolute atomic E-state index is 13.5. The molecule has 422 valence electrons. The van der Waals surface area contributed by atoms with Gasteiger partial charge in [-0.25, -0.2) is 0 Å². The molecule has 1 amide bonds. The van der Waals surface area contributed by atoms with Crippen molar-refractivity contribution in [2.75, 3.05) is 40.9 Å². The summed E-state index contributed by atoms with van der Waals surface area (Å²) in [6.45, 7) is 6.66. The average Bonchev–Trinajstić information content (AvgIpc) is 3.35. The van der Waals surface area contributed by atoms with Crippen LogP contribution in [0.15, 0.2) is 85.1 Å². The second kappa shape index (κ2) is 52.6. The number of unbranched alkanes of at least 4 members (excludes halogenated alkanes) is 27. The number of allylic oxidation sites excluding steroid dienone is 13. The first-order valence-corrected chi connectivity index (χ1v) is 31.4. The van der Waals surface area contributed by atoms with Gasteiger partial charge in [-0.1, -0.05) is 235 Å². The van der Waals surface area contributed by atoms with Gasteiger partial charge in [-0.05, 0) is 89.5 Å². The van der Waals surface area contributed by atoms with Crippen molar-refractivity contribution in [3.8, 4) is 0 Å². The maximum Gasteiger partial charge on any atom is 0.306 e. The minimum absolute atomic E-state index is 0.0309. The van der Waals surface area contributed by atoms with E-state index < -0.39 is 26.6 Å². The van der Waals surface area contributed by atoms with Crippen molar-refractivity contribution in [1.29, 1.82) is 0 Å². The number of hydrogen-bond acceptors (Lipinski definition) is 7. The number of esters is 1. The van der Waals surface area contributed by atoms with Crippen LogP contribution in [0.2, 0.25) is 0 Å². The number of carbonyl (C=O) groups excluding carboxylic acids is 2. The zero-order chi connectivity index (χ0) is 53.6. The summed E-state index contributed by atoms with van der Waals surface area (Å²) in [5.74, 6) is -0.575. The van der Waals surface area contributed by atoms with Crippen molar-refractivity contribution in [2.45, 2.75) is 264 Å². The summed E-state index contributed by atoms with van der Waals surface area (Å²) < 4.78 is 30.2. The number of carbonyl (C=O) groups is 2. The van der Waals surface area contributed by atoms with Gasteiger partial charge >= 0.3 is 5.97 Å². The second-order valence-corrected chi connectivity index (χ2v) is 22.6. The normalized spacial score (nSPS) is 14.3. The maximum atomic E-state index is 13.5. The summed E-state index contributed by atoms with van der Waals surface area (Å²) in [5.41, 5.74) is 0. The molecule has 0 aromatic heterocycles. The van der Waals surface area contributed by atoms with Crippen molar-refractivity contribution in [2.24, 2.45) is 0 Å². The standard InChI is InChI=1S/C63H113N2O7P/c1-7-10-13-16-19-22-25-28-29-30-31-32-33-34-35-38-40-43-46-49-52-55-62(66)64-60(59-71-73(68,69)70-58-57-65(4,5)6)61(54-51-48-45-42-39-36-26-23-20-17-14-11-8-2)72-63(67)56-53-50-47-44-41-37-27-24-21-18-15-12-9-3/h12,15,18-19,21-22,24,27-29,31-32,51,54,60-61H,7-11,13-14,16-17,20,23,25-26,30,33-50,52-53,55-59H2,1-6H3,(H-,64,66,68,69)/b15-12+,21-18+,22-19-,27-24-,29-28-,32-31-,54-51-. The number of phosphoric acid groups is 1. The van der Waals surface area contributed by atoms with Gasteiger partial charge in [0.1, 0.15) is 19.3 Å². The first-order chi connectivity index (χ1) is 35.4. The Hall–Kier alpha value is -2.81. The molecule has 0 saturated heterocycles. The van der Waals surface area contributed by atoms with Crippen LogP contribution in [-0.2, 0) is 27.9 Å². The van der Waals surface area contributed by atoms with Crippen LogP contribution in [0, 0.1) is 0 Å². The van der Waals surface area contributed by atoms with E-state index in [9.17, 15) is 19.0 Å². The summed E-state index contributed by atoms with van der Waals surface area (Å²) in [6.07, 6.45) is 68.3. The zero-order valence-corrected chi connectivity index (χ0v) is 49.0. The Bertz CT molecular complexity index is 1530. The molecular weight excluding hydrogens is 928 g/mol. The van der Waals surface area contributed by atoms with E-state index in [1.807, 2.05) is 33.3 Å². The third-order valence-electron chi connectivity index (χ3n) is 12.9. The fraction of sp³-hybridized carbons (Fsp3) is 0.746. The quantitative estimate of drug-likeness (QED) is 0.0161. The molecule has 0 rings (SSSR count). The summed E-state index contributed by atoms with van der Waals surface area (Å²) in [4.78, 5) is 39.9. The van der Waals surface area contributed by atoms with Crippen LogP contribution in [0.25, 0.3) is 0 Å². The van der Waals surface area contributed by atoms with E-state index in [1.165, 1.54) is 109 Å². The number of likely N-dealkylation sites (N-methyl/N-ethyl adjacent to an activating group) is 1. The molecule has 0 saturated carbocycles. The molecule has 0 bridgehead atoms. The highest BCUT2D eigenvalue weighted by Gasteiger charge is 2.27. The van der Waals surface area contributed by atoms with Gasteiger partial charge in [0.05, 0.1) is 33.8 Å². The average molecular weight is 1040 g/mol. The van der Waals surface area contributed by atoms with Crippen LogP contribution in [0.5, 0.6) is 0 Å². The molecule has 1 N–H and O–H groups in total. The number of rotatable bonds is 53. The third kappa shape index (κ3) is 53.8. The van der Waals surface area contributed by atoms with E-state index in [4.69, 9.17) is 13.8 Å². The lowest BCUT2D eigenvalue weighted by Gasteiger charge is -2.30. The lowest BCUT2D eigenvalue weighted by molar-refractivity contribution is -0.870. The van der Waals surface area contributed by atoms with Crippen molar-refractivity contribution >= 4 is 19.7 Å². The largest absolute Gasteiger partial charge is 0.756 e. The van der Waals surface area contributed by atoms with Gasteiger partial charge < -0.3 is 28.5 Å². The third-order valence-corrected chi connectivity index (χ3v) is 13.8. The Morgan fingerprint density at radius 3 is 1.45 bits per heavy atom. The number of nitrogens with one attached hydrogen (secondary N) is 1. The van der Waals surface area contributed by atoms with E-state index in [-0.39, 0.29) is 24.9 Å². The van der Waals surface area contributed by atoms with E-state index in [2.05, 4.69) is 99.0 Å². The van der Waals surface area contributed by atoms with Crippen molar-refractivity contribution < 1.29 is 37.3 Å². The number of phosphoric ester groups is 1. The summed E-state index contributed by atoms with van der Waals surface area (Å²) in [5, 5.41) is 3.02. The van der Waals surface area contributed by atoms with E-state index in [0.29, 0.717) is 23.9 Å². The topological polar surface area (TPSA) is 114 Å². The lowest BCUT2D eigenvalue weighted by atomic mass is 10.0. The number of quaternary nitrogens is 1. The van der Waals surface area contributed by atoms with E-state index >= 15 is 0 Å². The molecular formula is C63H113N2O7P. The van der Waals surface area contributed by atoms with Gasteiger partial charge in [-0.2, -0.15) is 0 Å². The van der Waals surface area contributed by atoms with Crippen LogP contribution in [0.1, 0.15) is 252 Å². The highest BCUT2D eigenvalue weighted by molar-refractivity contribution is 7.45. The monoisotopic (exact) mass is 1040 g/mol. The summed E-state index contributed by atoms with van der Waals surface area (Å²) in [7, 11) is 1.16. The molecule has 0 spiro atoms. The van der Waals surface area contributed by atoms with Gasteiger partial charge in [0.2, 0.25) is 5.91 Å². The first-order valence-electron chi connectivity index (χ1n) is 29.9. The molecule has 73 heavy (non-hydrogen) atoms. The molecule has 0 aliphatic carbocycles. The zero-order valence-electron chi connectivity index (χ0n) is 48.1. The van der Waals surface area contributed by atoms with Crippen molar-refractivity contribution in [3.05, 3.63) is 85.1 Å². The second-order valence-electron chi connectivity index (χ2n) is 21.2. The van der Waals surface area contributed by atoms with Crippen LogP contribution in [0.3, 0.4) is 0 Å². The molecule has 0 radical (unpaired) electrons. The van der Waals surface area contributed by atoms with Gasteiger partial charge in [0.15, 0.2) is 0 Å². The van der Waals surface area contributed by atoms with Crippen LogP contribution < -0.4 is 10.2 Å². The Morgan fingerprint density at radius 1 is 0.507 bits per heavy atom. The number of ether oxygens (including phenoxy) is 1. The molecule has 10 heteroatoms. The molecule has 3 unspecified atom stereocenters. The summed E-state index contributed by atoms with van der Waals surface area (Å²) >= 11 is 0. The molecule has 0 aliphatic heterocycles. The molecule has 9 nitrogen and oxygen atoms in total. The van der Waals surface area contributed by atoms with Crippen molar-refractivity contribution in [3.63, 3.8) is 0 Å². The van der Waals surface area contributed by atoms with E-state index in [0.717, 1.165) is 103 Å². The number of hydrogen-bond donors (Lipinski definition) is 1. The Balaban J connectivity index is 5.31. The smallest absolute Gasteiger partial charge is 0.306 e. The van der Waals surface area contributed by atoms with E-state index in [1.54, 1.807) is 0 Å². The Morgan fingerprint density at radius 2 is 0.932 bits per heavy atom. The summed E-state index contributed by atoms with van der Waals surface area (Å²) in [6, 6.07) is -0.904. The fourth-order valence-electron chi connectivity index (χ4n) is 8.23. The van der Waals surface area contributed by atoms with Crippen LogP contribution in [-0.4, -0.2) is 69.4 Å². The molecule has 0 aliphatic rings. The van der Waals surface area contributed by atoms with Crippen LogP contribution >= 0.6 is 7.82 Å². The Labute approximate surface area is 450 Å². The molecule has 0 aromatic rings. The lowest BCUT2D eigenvalue weighted by Crippen LogP contribution is -2.47. The SMILES string of the molecule is CC/C=C/C=C/C=C\CCCCCCCC(=O)OC(/C=C\CCCCCCCCCCCCC)C(COP(=O)([O-])OCC[N+](C)(C)C)NC(=O)CCCCCCCCCC/C=C\C/C=C\C/C=C\CCCCC. The highest BCUT2D eigenvalue weighted by Crippen LogP contribution is 2.38. The van der Waals surface area contributed by atoms with Gasteiger partial charge in [0, 0.05) is 12.8 Å². The van der Waals surface area contributed by atoms with Crippen molar-refractivity contribution in [1.82, 2.24) is 5.32 Å². The minimum atomic E-state index is -4.71. The predicted octanol–water partition coefficient (Wildman–Crippen LogP) is 17.6. The number of amides is 1. The van der Waals surface area contributed by atoms with Gasteiger partial charge in [-0.15, -0.1) is 0 Å². The predicted molar refractivity (Wildman–Crippen MR) is 311 cm³/mol. The molecule has 0 heterocycles. The molecule has 0 aromatic carbocycles. The highest BCUT2D eigenvalue weighted by atomic mass is 31.2.